The van der Waals surface area contributed by atoms with Crippen LogP contribution in [-0.4, -0.2) is 9.78 Å². The summed E-state index contributed by atoms with van der Waals surface area (Å²) in [7, 11) is 0. The van der Waals surface area contributed by atoms with Gasteiger partial charge in [-0.3, -0.25) is 4.79 Å². The van der Waals surface area contributed by atoms with E-state index in [4.69, 9.17) is 17.3 Å². The van der Waals surface area contributed by atoms with Crippen LogP contribution in [0.4, 0.5) is 19.0 Å². The van der Waals surface area contributed by atoms with Gasteiger partial charge >= 0.3 is 6.18 Å². The summed E-state index contributed by atoms with van der Waals surface area (Å²) < 4.78 is 39.2. The number of nitrogen functional groups attached to an aromatic ring is 1. The van der Waals surface area contributed by atoms with Gasteiger partial charge in [-0.1, -0.05) is 11.6 Å². The maximum atomic E-state index is 12.7. The van der Waals surface area contributed by atoms with Crippen molar-refractivity contribution in [3.63, 3.8) is 0 Å². The Hall–Kier alpha value is -2.02. The van der Waals surface area contributed by atoms with E-state index >= 15 is 0 Å². The fourth-order valence-electron chi connectivity index (χ4n) is 1.66. The molecule has 0 amide bonds. The third-order valence-corrected chi connectivity index (χ3v) is 2.96. The summed E-state index contributed by atoms with van der Waals surface area (Å²) in [5.74, 6) is -0.316. The van der Waals surface area contributed by atoms with E-state index in [9.17, 15) is 18.0 Å². The maximum absolute atomic E-state index is 12.7. The van der Waals surface area contributed by atoms with Crippen LogP contribution in [0, 0.1) is 6.92 Å². The first-order valence-corrected chi connectivity index (χ1v) is 5.81. The highest BCUT2D eigenvalue weighted by atomic mass is 35.5. The Morgan fingerprint density at radius 3 is 2.55 bits per heavy atom. The van der Waals surface area contributed by atoms with Crippen molar-refractivity contribution in [3.8, 4) is 5.69 Å². The predicted octanol–water partition coefficient (Wildman–Crippen LogP) is 2.80. The number of anilines is 1. The molecule has 1 heterocycles. The number of halogens is 4. The minimum atomic E-state index is -4.50. The number of hydrogen-bond donors (Lipinski definition) is 1. The molecule has 0 saturated carbocycles. The molecule has 1 aromatic heterocycles. The van der Waals surface area contributed by atoms with Crippen molar-refractivity contribution in [2.45, 2.75) is 13.1 Å². The zero-order valence-electron chi connectivity index (χ0n) is 10.2. The summed E-state index contributed by atoms with van der Waals surface area (Å²) in [6.45, 7) is 1.52. The summed E-state index contributed by atoms with van der Waals surface area (Å²) >= 11 is 5.90. The number of nitrogens with two attached hydrogens (primary N) is 1. The summed E-state index contributed by atoms with van der Waals surface area (Å²) in [6.07, 6.45) is -4.50. The number of hydrogen-bond acceptors (Lipinski definition) is 3. The van der Waals surface area contributed by atoms with Crippen molar-refractivity contribution in [2.24, 2.45) is 0 Å². The number of aromatic nitrogens is 2. The van der Waals surface area contributed by atoms with Crippen molar-refractivity contribution >= 4 is 17.4 Å². The molecule has 4 nitrogen and oxygen atoms in total. The van der Waals surface area contributed by atoms with Gasteiger partial charge in [-0.05, 0) is 25.1 Å². The fraction of sp³-hybridized carbons (Fsp3) is 0.167. The maximum Gasteiger partial charge on any atom is 0.416 e. The normalized spacial score (nSPS) is 11.7. The Morgan fingerprint density at radius 2 is 1.95 bits per heavy atom. The van der Waals surface area contributed by atoms with Crippen LogP contribution in [0.5, 0.6) is 0 Å². The molecule has 8 heteroatoms. The molecule has 2 rings (SSSR count). The molecular weight excluding hydrogens is 295 g/mol. The Bertz CT molecular complexity index is 725. The third kappa shape index (κ3) is 2.62. The first-order chi connectivity index (χ1) is 9.20. The average molecular weight is 304 g/mol. The Labute approximate surface area is 116 Å². The molecule has 0 aliphatic carbocycles. The number of aryl methyl sites for hydroxylation is 1. The van der Waals surface area contributed by atoms with Crippen molar-refractivity contribution < 1.29 is 13.2 Å². The minimum absolute atomic E-state index is 0.00527. The SMILES string of the molecule is Cc1cc(=O)c(N)nn1-c1cc(C(F)(F)F)ccc1Cl. The Balaban J connectivity index is 2.69. The van der Waals surface area contributed by atoms with Crippen LogP contribution in [0.15, 0.2) is 29.1 Å². The van der Waals surface area contributed by atoms with Gasteiger partial charge in [0.25, 0.3) is 0 Å². The monoisotopic (exact) mass is 303 g/mol. The molecule has 2 N–H and O–H groups in total. The standard InChI is InChI=1S/C12H9ClF3N3O/c1-6-4-10(20)11(17)18-19(6)9-5-7(12(14,15)16)2-3-8(9)13/h2-5H,1H3,(H2,17,18). The summed E-state index contributed by atoms with van der Waals surface area (Å²) in [4.78, 5) is 11.3. The molecule has 0 atom stereocenters. The summed E-state index contributed by atoms with van der Waals surface area (Å²) in [5.41, 5.74) is 4.36. The number of nitrogens with zero attached hydrogens (tertiary/aromatic N) is 2. The van der Waals surface area contributed by atoms with Crippen LogP contribution in [0.25, 0.3) is 5.69 Å². The number of alkyl halides is 3. The zero-order chi connectivity index (χ0) is 15.1. The minimum Gasteiger partial charge on any atom is -0.379 e. The smallest absolute Gasteiger partial charge is 0.379 e. The van der Waals surface area contributed by atoms with E-state index in [1.54, 1.807) is 0 Å². The van der Waals surface area contributed by atoms with E-state index in [1.165, 1.54) is 13.0 Å². The van der Waals surface area contributed by atoms with E-state index in [0.717, 1.165) is 22.9 Å². The van der Waals surface area contributed by atoms with E-state index in [1.807, 2.05) is 0 Å². The summed E-state index contributed by atoms with van der Waals surface area (Å²) in [5, 5.41) is 3.82. The molecule has 20 heavy (non-hydrogen) atoms. The molecule has 0 spiro atoms. The fourth-order valence-corrected chi connectivity index (χ4v) is 1.85. The van der Waals surface area contributed by atoms with E-state index in [0.29, 0.717) is 5.69 Å². The molecule has 2 aromatic rings. The van der Waals surface area contributed by atoms with Crippen molar-refractivity contribution in [1.82, 2.24) is 9.78 Å². The second-order valence-corrected chi connectivity index (χ2v) is 4.52. The molecule has 0 radical (unpaired) electrons. The van der Waals surface area contributed by atoms with Gasteiger partial charge in [-0.25, -0.2) is 4.68 Å². The second kappa shape index (κ2) is 4.82. The molecule has 0 fully saturated rings. The van der Waals surface area contributed by atoms with Gasteiger partial charge in [-0.15, -0.1) is 5.10 Å². The highest BCUT2D eigenvalue weighted by Gasteiger charge is 2.31. The van der Waals surface area contributed by atoms with Crippen molar-refractivity contribution in [3.05, 3.63) is 50.8 Å². The lowest BCUT2D eigenvalue weighted by Gasteiger charge is -2.14. The first kappa shape index (κ1) is 14.4. The average Bonchev–Trinajstić information content (AvgIpc) is 2.33. The van der Waals surface area contributed by atoms with Crippen molar-refractivity contribution in [1.29, 1.82) is 0 Å². The van der Waals surface area contributed by atoms with Crippen LogP contribution in [0.1, 0.15) is 11.3 Å². The first-order valence-electron chi connectivity index (χ1n) is 5.43. The van der Waals surface area contributed by atoms with Gasteiger partial charge in [0.15, 0.2) is 5.82 Å². The van der Waals surface area contributed by atoms with Gasteiger partial charge in [0.05, 0.1) is 16.3 Å². The zero-order valence-corrected chi connectivity index (χ0v) is 11.0. The van der Waals surface area contributed by atoms with E-state index < -0.39 is 17.2 Å². The Morgan fingerprint density at radius 1 is 1.30 bits per heavy atom. The highest BCUT2D eigenvalue weighted by Crippen LogP contribution is 2.33. The van der Waals surface area contributed by atoms with Crippen LogP contribution in [0.3, 0.4) is 0 Å². The molecule has 1 aromatic carbocycles. The van der Waals surface area contributed by atoms with Crippen LogP contribution < -0.4 is 11.2 Å². The van der Waals surface area contributed by atoms with Gasteiger partial charge < -0.3 is 5.73 Å². The molecule has 0 unspecified atom stereocenters. The third-order valence-electron chi connectivity index (χ3n) is 2.64. The molecule has 0 saturated heterocycles. The lowest BCUT2D eigenvalue weighted by Crippen LogP contribution is -2.18. The predicted molar refractivity (Wildman–Crippen MR) is 69.0 cm³/mol. The van der Waals surface area contributed by atoms with E-state index in [2.05, 4.69) is 5.10 Å². The molecule has 106 valence electrons. The summed E-state index contributed by atoms with van der Waals surface area (Å²) in [6, 6.07) is 4.02. The quantitative estimate of drug-likeness (QED) is 0.881. The number of rotatable bonds is 1. The molecule has 0 aliphatic heterocycles. The lowest BCUT2D eigenvalue weighted by atomic mass is 10.2. The van der Waals surface area contributed by atoms with Gasteiger partial charge in [0.1, 0.15) is 0 Å². The van der Waals surface area contributed by atoms with Crippen LogP contribution in [0.2, 0.25) is 5.02 Å². The topological polar surface area (TPSA) is 60.9 Å². The van der Waals surface area contributed by atoms with Gasteiger partial charge in [0, 0.05) is 11.8 Å². The number of benzene rings is 1. The Kier molecular flexibility index (Phi) is 3.47. The highest BCUT2D eigenvalue weighted by molar-refractivity contribution is 6.32. The van der Waals surface area contributed by atoms with Crippen molar-refractivity contribution in [2.75, 3.05) is 5.73 Å². The largest absolute Gasteiger partial charge is 0.416 e. The van der Waals surface area contributed by atoms with Crippen LogP contribution >= 0.6 is 11.6 Å². The van der Waals surface area contributed by atoms with Crippen LogP contribution in [-0.2, 0) is 6.18 Å². The molecule has 0 aliphatic rings. The van der Waals surface area contributed by atoms with Gasteiger partial charge in [-0.2, -0.15) is 13.2 Å². The molecular formula is C12H9ClF3N3O. The second-order valence-electron chi connectivity index (χ2n) is 4.11. The van der Waals surface area contributed by atoms with Gasteiger partial charge in [0.2, 0.25) is 5.43 Å². The lowest BCUT2D eigenvalue weighted by molar-refractivity contribution is -0.137. The molecule has 0 bridgehead atoms. The van der Waals surface area contributed by atoms with E-state index in [-0.39, 0.29) is 16.5 Å².